The number of aryl methyl sites for hydroxylation is 1. The van der Waals surface area contributed by atoms with Crippen molar-refractivity contribution in [3.05, 3.63) is 34.4 Å². The fourth-order valence-corrected chi connectivity index (χ4v) is 2.56. The SMILES string of the molecule is [2H]C([2H])c1nc2cccc(N)c2c(=O)n1C1(C([2H])([2H])[2H])CCC(=O)NC1=O. The van der Waals surface area contributed by atoms with Crippen LogP contribution in [0.5, 0.6) is 0 Å². The second kappa shape index (κ2) is 4.66. The Morgan fingerprint density at radius 2 is 2.23 bits per heavy atom. The van der Waals surface area contributed by atoms with E-state index in [1.807, 2.05) is 5.32 Å². The number of nitrogens with zero attached hydrogens (tertiary/aromatic N) is 2. The lowest BCUT2D eigenvalue weighted by Gasteiger charge is -2.34. The van der Waals surface area contributed by atoms with Crippen LogP contribution in [0.4, 0.5) is 5.69 Å². The van der Waals surface area contributed by atoms with Crippen LogP contribution < -0.4 is 16.6 Å². The van der Waals surface area contributed by atoms with Gasteiger partial charge >= 0.3 is 0 Å². The van der Waals surface area contributed by atoms with Crippen molar-refractivity contribution in [2.75, 3.05) is 5.73 Å². The van der Waals surface area contributed by atoms with Gasteiger partial charge < -0.3 is 5.73 Å². The van der Waals surface area contributed by atoms with Gasteiger partial charge in [0.05, 0.1) is 10.9 Å². The molecule has 2 amide bonds. The summed E-state index contributed by atoms with van der Waals surface area (Å²) >= 11 is 0. The Morgan fingerprint density at radius 1 is 1.41 bits per heavy atom. The number of hydrogen-bond donors (Lipinski definition) is 2. The zero-order valence-corrected chi connectivity index (χ0v) is 11.4. The molecule has 7 heteroatoms. The number of carbonyl (C=O) groups excluding carboxylic acids is 2. The molecule has 0 spiro atoms. The van der Waals surface area contributed by atoms with Crippen molar-refractivity contribution >= 4 is 28.4 Å². The maximum absolute atomic E-state index is 13.2. The largest absolute Gasteiger partial charge is 0.398 e. The second-order valence-corrected chi connectivity index (χ2v) is 5.09. The zero-order valence-electron chi connectivity index (χ0n) is 16.4. The predicted octanol–water partition coefficient (Wildman–Crippen LogP) is 0.439. The van der Waals surface area contributed by atoms with Crippen molar-refractivity contribution in [3.63, 3.8) is 0 Å². The van der Waals surface area contributed by atoms with Gasteiger partial charge in [-0.15, -0.1) is 0 Å². The Balaban J connectivity index is 2.50. The lowest BCUT2D eigenvalue weighted by Crippen LogP contribution is -2.56. The molecule has 0 bridgehead atoms. The smallest absolute Gasteiger partial charge is 0.264 e. The number of piperidine rings is 1. The first-order chi connectivity index (χ1) is 12.5. The highest BCUT2D eigenvalue weighted by Gasteiger charge is 2.42. The van der Waals surface area contributed by atoms with Gasteiger partial charge in [-0.1, -0.05) is 6.07 Å². The van der Waals surface area contributed by atoms with E-state index >= 15 is 0 Å². The van der Waals surface area contributed by atoms with Crippen molar-refractivity contribution in [1.29, 1.82) is 0 Å². The van der Waals surface area contributed by atoms with Crippen LogP contribution in [0, 0.1) is 6.88 Å². The first-order valence-electron chi connectivity index (χ1n) is 9.16. The number of nitrogens with two attached hydrogens (primary N) is 1. The maximum atomic E-state index is 13.2. The van der Waals surface area contributed by atoms with Gasteiger partial charge in [0.25, 0.3) is 11.5 Å². The van der Waals surface area contributed by atoms with Crippen molar-refractivity contribution in [2.45, 2.75) is 32.1 Å². The number of rotatable bonds is 1. The first kappa shape index (κ1) is 9.34. The number of nitrogens with one attached hydrogen (secondary N) is 1. The molecule has 0 radical (unpaired) electrons. The topological polar surface area (TPSA) is 107 Å². The Hall–Kier alpha value is -2.70. The standard InChI is InChI=1S/C15H16N4O3/c1-8-17-10-5-3-4-9(16)12(10)13(21)19(8)15(2)7-6-11(20)18-14(15)22/h3-5H,6-7,16H2,1-2H3,(H,18,20,22)/i1D2,2D3. The summed E-state index contributed by atoms with van der Waals surface area (Å²) in [6.45, 7) is -4.90. The van der Waals surface area contributed by atoms with Crippen molar-refractivity contribution in [3.8, 4) is 0 Å². The average Bonchev–Trinajstić information content (AvgIpc) is 2.54. The molecule has 1 aliphatic rings. The minimum atomic E-state index is -3.05. The van der Waals surface area contributed by atoms with Crippen LogP contribution >= 0.6 is 0 Å². The van der Waals surface area contributed by atoms with Crippen molar-refractivity contribution < 1.29 is 16.4 Å². The zero-order chi connectivity index (χ0) is 20.1. The average molecular weight is 305 g/mol. The second-order valence-electron chi connectivity index (χ2n) is 5.09. The van der Waals surface area contributed by atoms with Crippen LogP contribution in [-0.4, -0.2) is 21.4 Å². The Labute approximate surface area is 133 Å². The monoisotopic (exact) mass is 305 g/mol. The summed E-state index contributed by atoms with van der Waals surface area (Å²) in [6, 6.07) is 4.38. The molecule has 2 aromatic rings. The van der Waals surface area contributed by atoms with E-state index in [1.165, 1.54) is 18.2 Å². The number of carbonyl (C=O) groups is 2. The predicted molar refractivity (Wildman–Crippen MR) is 81.2 cm³/mol. The third-order valence-corrected chi connectivity index (χ3v) is 3.68. The Kier molecular flexibility index (Phi) is 1.98. The fourth-order valence-electron chi connectivity index (χ4n) is 2.56. The third kappa shape index (κ3) is 1.89. The highest BCUT2D eigenvalue weighted by Crippen LogP contribution is 2.27. The van der Waals surface area contributed by atoms with Gasteiger partial charge in [0, 0.05) is 19.0 Å². The Morgan fingerprint density at radius 3 is 2.91 bits per heavy atom. The van der Waals surface area contributed by atoms with E-state index in [1.54, 1.807) is 0 Å². The van der Waals surface area contributed by atoms with Crippen LogP contribution in [-0.2, 0) is 15.1 Å². The lowest BCUT2D eigenvalue weighted by atomic mass is 9.90. The number of aromatic nitrogens is 2. The third-order valence-electron chi connectivity index (χ3n) is 3.68. The summed E-state index contributed by atoms with van der Waals surface area (Å²) < 4.78 is 39.8. The van der Waals surface area contributed by atoms with Gasteiger partial charge in [-0.2, -0.15) is 0 Å². The summed E-state index contributed by atoms with van der Waals surface area (Å²) in [5, 5.41) is 1.84. The number of amides is 2. The molecule has 0 aliphatic carbocycles. The van der Waals surface area contributed by atoms with Gasteiger partial charge in [-0.3, -0.25) is 24.3 Å². The molecule has 1 unspecified atom stereocenters. The summed E-state index contributed by atoms with van der Waals surface area (Å²) in [4.78, 5) is 41.6. The summed E-state index contributed by atoms with van der Waals surface area (Å²) in [5.41, 5.74) is 2.53. The van der Waals surface area contributed by atoms with Crippen LogP contribution in [0.2, 0.25) is 0 Å². The van der Waals surface area contributed by atoms with E-state index < -0.39 is 48.9 Å². The molecule has 1 aromatic heterocycles. The summed E-state index contributed by atoms with van der Waals surface area (Å²) in [7, 11) is 0. The molecule has 1 saturated heterocycles. The number of anilines is 1. The minimum Gasteiger partial charge on any atom is -0.398 e. The fraction of sp³-hybridized carbons (Fsp3) is 0.333. The molecule has 3 rings (SSSR count). The molecule has 1 fully saturated rings. The van der Waals surface area contributed by atoms with Gasteiger partial charge in [-0.25, -0.2) is 4.98 Å². The molecular formula is C15H16N4O3. The molecule has 0 saturated carbocycles. The maximum Gasteiger partial charge on any atom is 0.264 e. The molecule has 7 nitrogen and oxygen atoms in total. The number of nitrogen functional groups attached to an aromatic ring is 1. The molecule has 3 N–H and O–H groups in total. The normalized spacial score (nSPS) is 26.0. The minimum absolute atomic E-state index is 0.0183. The number of benzene rings is 1. The van der Waals surface area contributed by atoms with E-state index in [2.05, 4.69) is 4.98 Å². The van der Waals surface area contributed by atoms with E-state index in [9.17, 15) is 14.4 Å². The summed E-state index contributed by atoms with van der Waals surface area (Å²) in [6.07, 6.45) is -0.813. The number of imide groups is 1. The number of fused-ring (bicyclic) bond motifs is 1. The highest BCUT2D eigenvalue weighted by atomic mass is 16.2. The van der Waals surface area contributed by atoms with E-state index in [0.29, 0.717) is 4.57 Å². The number of hydrogen-bond acceptors (Lipinski definition) is 5. The molecular weight excluding hydrogens is 284 g/mol. The molecule has 1 atom stereocenters. The van der Waals surface area contributed by atoms with Crippen LogP contribution in [0.3, 0.4) is 0 Å². The van der Waals surface area contributed by atoms with Gasteiger partial charge in [0.2, 0.25) is 5.91 Å². The van der Waals surface area contributed by atoms with Gasteiger partial charge in [0.1, 0.15) is 11.4 Å². The van der Waals surface area contributed by atoms with Crippen LogP contribution in [0.25, 0.3) is 10.9 Å². The molecule has 1 aromatic carbocycles. The van der Waals surface area contributed by atoms with E-state index in [4.69, 9.17) is 12.6 Å². The molecule has 1 aliphatic heterocycles. The van der Waals surface area contributed by atoms with Gasteiger partial charge in [0.15, 0.2) is 0 Å². The Bertz CT molecular complexity index is 1020. The van der Waals surface area contributed by atoms with Crippen molar-refractivity contribution in [2.24, 2.45) is 0 Å². The van der Waals surface area contributed by atoms with Crippen molar-refractivity contribution in [1.82, 2.24) is 14.9 Å². The molecule has 2 heterocycles. The van der Waals surface area contributed by atoms with Crippen LogP contribution in [0.1, 0.15) is 32.4 Å². The summed E-state index contributed by atoms with van der Waals surface area (Å²) in [5.74, 6) is -2.38. The van der Waals surface area contributed by atoms with E-state index in [-0.39, 0.29) is 23.0 Å². The van der Waals surface area contributed by atoms with Gasteiger partial charge in [-0.05, 0) is 32.3 Å². The molecule has 22 heavy (non-hydrogen) atoms. The molecule has 114 valence electrons. The quantitative estimate of drug-likeness (QED) is 0.587. The van der Waals surface area contributed by atoms with Crippen LogP contribution in [0.15, 0.2) is 23.0 Å². The highest BCUT2D eigenvalue weighted by molar-refractivity contribution is 6.01. The first-order valence-corrected chi connectivity index (χ1v) is 6.51. The van der Waals surface area contributed by atoms with E-state index in [0.717, 1.165) is 0 Å². The lowest BCUT2D eigenvalue weighted by molar-refractivity contribution is -0.140.